The van der Waals surface area contributed by atoms with E-state index in [0.29, 0.717) is 0 Å². The van der Waals surface area contributed by atoms with Crippen molar-refractivity contribution in [1.82, 2.24) is 15.5 Å². The topological polar surface area (TPSA) is 51.0 Å². The van der Waals surface area contributed by atoms with E-state index in [4.69, 9.17) is 4.52 Å². The van der Waals surface area contributed by atoms with Crippen molar-refractivity contribution < 1.29 is 4.52 Å². The average molecular weight is 285 g/mol. The lowest BCUT2D eigenvalue weighted by Gasteiger charge is -2.11. The molecule has 0 radical (unpaired) electrons. The summed E-state index contributed by atoms with van der Waals surface area (Å²) in [4.78, 5) is 4.68. The van der Waals surface area contributed by atoms with E-state index in [-0.39, 0.29) is 12.0 Å². The summed E-state index contributed by atoms with van der Waals surface area (Å²) in [6, 6.07) is 10.7. The zero-order valence-corrected chi connectivity index (χ0v) is 12.6. The van der Waals surface area contributed by atoms with Gasteiger partial charge in [-0.15, -0.1) is 0 Å². The fourth-order valence-corrected chi connectivity index (χ4v) is 3.02. The van der Waals surface area contributed by atoms with Crippen LogP contribution in [0.5, 0.6) is 0 Å². The van der Waals surface area contributed by atoms with Crippen molar-refractivity contribution in [3.63, 3.8) is 0 Å². The zero-order chi connectivity index (χ0) is 14.5. The van der Waals surface area contributed by atoms with E-state index in [2.05, 4.69) is 46.6 Å². The molecule has 1 aromatic heterocycles. The lowest BCUT2D eigenvalue weighted by atomic mass is 9.96. The first kappa shape index (κ1) is 14.3. The molecule has 112 valence electrons. The number of hydrogen-bond acceptors (Lipinski definition) is 4. The van der Waals surface area contributed by atoms with Crippen LogP contribution in [0, 0.1) is 0 Å². The van der Waals surface area contributed by atoms with Gasteiger partial charge in [-0.2, -0.15) is 4.98 Å². The van der Waals surface area contributed by atoms with Gasteiger partial charge in [-0.05, 0) is 31.4 Å². The molecule has 0 spiro atoms. The molecule has 2 atom stereocenters. The Balaban J connectivity index is 1.79. The monoisotopic (exact) mass is 285 g/mol. The largest absolute Gasteiger partial charge is 0.339 e. The van der Waals surface area contributed by atoms with Gasteiger partial charge in [0.25, 0.3) is 0 Å². The van der Waals surface area contributed by atoms with Crippen molar-refractivity contribution >= 4 is 0 Å². The number of hydrogen-bond donors (Lipinski definition) is 1. The van der Waals surface area contributed by atoms with Crippen LogP contribution >= 0.6 is 0 Å². The minimum absolute atomic E-state index is 0.193. The molecule has 21 heavy (non-hydrogen) atoms. The Kier molecular flexibility index (Phi) is 4.65. The normalized spacial score (nSPS) is 20.9. The van der Waals surface area contributed by atoms with E-state index in [1.54, 1.807) is 0 Å². The van der Waals surface area contributed by atoms with Crippen molar-refractivity contribution in [1.29, 1.82) is 0 Å². The van der Waals surface area contributed by atoms with E-state index in [1.165, 1.54) is 24.8 Å². The Labute approximate surface area is 126 Å². The Morgan fingerprint density at radius 2 is 2.10 bits per heavy atom. The molecule has 2 unspecified atom stereocenters. The van der Waals surface area contributed by atoms with E-state index < -0.39 is 0 Å². The van der Waals surface area contributed by atoms with Gasteiger partial charge in [0, 0.05) is 0 Å². The second-order valence-electron chi connectivity index (χ2n) is 5.72. The molecule has 0 amide bonds. The molecule has 1 fully saturated rings. The van der Waals surface area contributed by atoms with Crippen molar-refractivity contribution in [2.75, 3.05) is 6.54 Å². The summed E-state index contributed by atoms with van der Waals surface area (Å²) in [7, 11) is 0. The lowest BCUT2D eigenvalue weighted by molar-refractivity contribution is 0.351. The van der Waals surface area contributed by atoms with Gasteiger partial charge in [-0.25, -0.2) is 0 Å². The minimum Gasteiger partial charge on any atom is -0.339 e. The average Bonchev–Trinajstić information content (AvgIpc) is 2.84. The van der Waals surface area contributed by atoms with E-state index in [0.717, 1.165) is 31.1 Å². The zero-order valence-electron chi connectivity index (χ0n) is 12.6. The number of aromatic nitrogens is 2. The van der Waals surface area contributed by atoms with Gasteiger partial charge < -0.3 is 9.84 Å². The van der Waals surface area contributed by atoms with E-state index in [1.807, 2.05) is 6.07 Å². The molecule has 2 heterocycles. The highest BCUT2D eigenvalue weighted by Crippen LogP contribution is 2.28. The van der Waals surface area contributed by atoms with Crippen LogP contribution in [0.25, 0.3) is 0 Å². The number of benzene rings is 1. The summed E-state index contributed by atoms with van der Waals surface area (Å²) in [6.45, 7) is 3.20. The summed E-state index contributed by atoms with van der Waals surface area (Å²) in [5, 5.41) is 7.75. The summed E-state index contributed by atoms with van der Waals surface area (Å²) in [6.07, 6.45) is 5.82. The summed E-state index contributed by atoms with van der Waals surface area (Å²) in [5.41, 5.74) is 1.24. The second-order valence-corrected chi connectivity index (χ2v) is 5.72. The Bertz CT molecular complexity index is 544. The van der Waals surface area contributed by atoms with E-state index >= 15 is 0 Å². The smallest absolute Gasteiger partial charge is 0.234 e. The van der Waals surface area contributed by atoms with E-state index in [9.17, 15) is 0 Å². The number of nitrogens with zero attached hydrogens (tertiary/aromatic N) is 2. The Morgan fingerprint density at radius 3 is 2.90 bits per heavy atom. The Hall–Kier alpha value is -1.68. The molecule has 0 aliphatic carbocycles. The van der Waals surface area contributed by atoms with Gasteiger partial charge in [-0.1, -0.05) is 55.3 Å². The molecule has 0 saturated carbocycles. The van der Waals surface area contributed by atoms with Crippen molar-refractivity contribution in [3.05, 3.63) is 47.6 Å². The molecule has 1 N–H and O–H groups in total. The fraction of sp³-hybridized carbons (Fsp3) is 0.529. The molecular formula is C17H23N3O. The fourth-order valence-electron chi connectivity index (χ4n) is 3.02. The highest BCUT2D eigenvalue weighted by molar-refractivity contribution is 5.24. The summed E-state index contributed by atoms with van der Waals surface area (Å²) in [5.74, 6) is 1.75. The maximum absolute atomic E-state index is 5.57. The molecule has 3 rings (SSSR count). The Morgan fingerprint density at radius 1 is 1.24 bits per heavy atom. The van der Waals surface area contributed by atoms with Crippen LogP contribution in [-0.2, 0) is 0 Å². The standard InChI is InChI=1S/C17H23N3O/c1-2-14(13-9-5-3-6-10-13)17-19-16(20-21-17)15-11-7-4-8-12-18-15/h3,5-6,9-10,14-15,18H,2,4,7-8,11-12H2,1H3. The minimum atomic E-state index is 0.193. The van der Waals surface area contributed by atoms with Crippen LogP contribution in [0.1, 0.15) is 68.3 Å². The molecule has 1 aliphatic rings. The molecule has 2 aromatic rings. The first-order valence-electron chi connectivity index (χ1n) is 8.00. The highest BCUT2D eigenvalue weighted by atomic mass is 16.5. The van der Waals surface area contributed by atoms with Crippen LogP contribution in [0.3, 0.4) is 0 Å². The second kappa shape index (κ2) is 6.85. The molecule has 0 bridgehead atoms. The molecule has 1 aliphatic heterocycles. The number of rotatable bonds is 4. The summed E-state index contributed by atoms with van der Waals surface area (Å²) < 4.78 is 5.57. The third-order valence-corrected chi connectivity index (χ3v) is 4.24. The molecule has 4 heteroatoms. The quantitative estimate of drug-likeness (QED) is 0.928. The maximum atomic E-state index is 5.57. The van der Waals surface area contributed by atoms with Crippen LogP contribution in [0.2, 0.25) is 0 Å². The van der Waals surface area contributed by atoms with Gasteiger partial charge in [0.1, 0.15) is 0 Å². The van der Waals surface area contributed by atoms with Crippen molar-refractivity contribution in [2.24, 2.45) is 0 Å². The molecule has 4 nitrogen and oxygen atoms in total. The SMILES string of the molecule is CCC(c1ccccc1)c1nc(C2CCCCCN2)no1. The predicted octanol–water partition coefficient (Wildman–Crippen LogP) is 3.82. The number of nitrogens with one attached hydrogen (secondary N) is 1. The summed E-state index contributed by atoms with van der Waals surface area (Å²) >= 11 is 0. The van der Waals surface area contributed by atoms with Gasteiger partial charge in [0.2, 0.25) is 5.89 Å². The third-order valence-electron chi connectivity index (χ3n) is 4.24. The van der Waals surface area contributed by atoms with Crippen LogP contribution in [0.15, 0.2) is 34.9 Å². The van der Waals surface area contributed by atoms with Crippen molar-refractivity contribution in [3.8, 4) is 0 Å². The lowest BCUT2D eigenvalue weighted by Crippen LogP contribution is -2.21. The van der Waals surface area contributed by atoms with Gasteiger partial charge in [-0.3, -0.25) is 0 Å². The molecular weight excluding hydrogens is 262 g/mol. The van der Waals surface area contributed by atoms with Crippen LogP contribution in [0.4, 0.5) is 0 Å². The first-order valence-corrected chi connectivity index (χ1v) is 8.00. The van der Waals surface area contributed by atoms with Crippen LogP contribution in [-0.4, -0.2) is 16.7 Å². The third kappa shape index (κ3) is 3.32. The van der Waals surface area contributed by atoms with Gasteiger partial charge in [0.05, 0.1) is 12.0 Å². The van der Waals surface area contributed by atoms with Gasteiger partial charge >= 0.3 is 0 Å². The predicted molar refractivity (Wildman–Crippen MR) is 82.1 cm³/mol. The highest BCUT2D eigenvalue weighted by Gasteiger charge is 2.23. The van der Waals surface area contributed by atoms with Crippen LogP contribution < -0.4 is 5.32 Å². The molecule has 1 saturated heterocycles. The first-order chi connectivity index (χ1) is 10.4. The molecule has 1 aromatic carbocycles. The van der Waals surface area contributed by atoms with Crippen molar-refractivity contribution in [2.45, 2.75) is 51.0 Å². The van der Waals surface area contributed by atoms with Gasteiger partial charge in [0.15, 0.2) is 5.82 Å². The maximum Gasteiger partial charge on any atom is 0.234 e.